The van der Waals surface area contributed by atoms with Crippen molar-refractivity contribution in [2.45, 2.75) is 13.1 Å². The highest BCUT2D eigenvalue weighted by atomic mass is 35.5. The smallest absolute Gasteiger partial charge is 0.416 e. The summed E-state index contributed by atoms with van der Waals surface area (Å²) in [6.45, 7) is 1.46. The zero-order valence-corrected chi connectivity index (χ0v) is 22.2. The maximum absolute atomic E-state index is 12.9. The highest BCUT2D eigenvalue weighted by molar-refractivity contribution is 6.45. The molecule has 0 heterocycles. The Bertz CT molecular complexity index is 1430. The van der Waals surface area contributed by atoms with Crippen LogP contribution in [-0.4, -0.2) is 37.1 Å². The number of carbonyl (C=O) groups excluding carboxylic acids is 3. The van der Waals surface area contributed by atoms with Gasteiger partial charge in [-0.15, -0.1) is 0 Å². The van der Waals surface area contributed by atoms with Gasteiger partial charge in [-0.2, -0.15) is 18.3 Å². The number of halogens is 5. The molecule has 0 fully saturated rings. The molecule has 0 saturated heterocycles. The number of alkyl halides is 3. The molecule has 0 aromatic heterocycles. The van der Waals surface area contributed by atoms with Gasteiger partial charge in [0, 0.05) is 5.69 Å². The summed E-state index contributed by atoms with van der Waals surface area (Å²) < 4.78 is 49.6. The molecule has 0 radical (unpaired) electrons. The van der Waals surface area contributed by atoms with Crippen LogP contribution in [0.4, 0.5) is 24.5 Å². The summed E-state index contributed by atoms with van der Waals surface area (Å²) in [5.41, 5.74) is 1.74. The van der Waals surface area contributed by atoms with Gasteiger partial charge in [-0.1, -0.05) is 35.3 Å². The van der Waals surface area contributed by atoms with Gasteiger partial charge < -0.3 is 20.1 Å². The molecule has 210 valence electrons. The molecule has 0 aliphatic carbocycles. The third kappa shape index (κ3) is 8.61. The second-order valence-electron chi connectivity index (χ2n) is 7.81. The number of hydrazone groups is 1. The number of nitrogens with zero attached hydrogens (tertiary/aromatic N) is 1. The Kier molecular flexibility index (Phi) is 10.3. The Morgan fingerprint density at radius 2 is 1.68 bits per heavy atom. The van der Waals surface area contributed by atoms with Gasteiger partial charge in [-0.25, -0.2) is 5.43 Å². The zero-order chi connectivity index (χ0) is 29.3. The highest BCUT2D eigenvalue weighted by Gasteiger charge is 2.30. The predicted molar refractivity (Wildman–Crippen MR) is 144 cm³/mol. The van der Waals surface area contributed by atoms with Crippen molar-refractivity contribution < 1.29 is 37.0 Å². The maximum atomic E-state index is 12.9. The molecule has 3 amide bonds. The van der Waals surface area contributed by atoms with Crippen molar-refractivity contribution in [1.82, 2.24) is 5.43 Å². The van der Waals surface area contributed by atoms with Crippen LogP contribution < -0.4 is 25.5 Å². The Hall–Kier alpha value is -4.29. The number of nitrogens with one attached hydrogen (secondary N) is 3. The Balaban J connectivity index is 1.58. The van der Waals surface area contributed by atoms with E-state index in [0.717, 1.165) is 12.1 Å². The Morgan fingerprint density at radius 3 is 2.40 bits per heavy atom. The van der Waals surface area contributed by atoms with E-state index in [2.05, 4.69) is 21.2 Å². The molecular formula is C26H21Cl2F3N4O5. The number of ether oxygens (including phenoxy) is 2. The van der Waals surface area contributed by atoms with Crippen LogP contribution in [0.3, 0.4) is 0 Å². The first-order chi connectivity index (χ1) is 19.0. The fraction of sp³-hybridized carbons (Fsp3) is 0.154. The van der Waals surface area contributed by atoms with Crippen LogP contribution in [0.25, 0.3) is 0 Å². The molecule has 3 N–H and O–H groups in total. The minimum atomic E-state index is -4.55. The summed E-state index contributed by atoms with van der Waals surface area (Å²) in [5, 5.41) is 8.68. The highest BCUT2D eigenvalue weighted by Crippen LogP contribution is 2.31. The van der Waals surface area contributed by atoms with Gasteiger partial charge in [-0.05, 0) is 61.0 Å². The first-order valence-electron chi connectivity index (χ1n) is 11.4. The van der Waals surface area contributed by atoms with E-state index in [-0.39, 0.29) is 39.5 Å². The Labute approximate surface area is 236 Å². The summed E-state index contributed by atoms with van der Waals surface area (Å²) in [5.74, 6) is -2.36. The monoisotopic (exact) mass is 596 g/mol. The minimum Gasteiger partial charge on any atom is -0.490 e. The summed E-state index contributed by atoms with van der Waals surface area (Å²) in [6.07, 6.45) is -3.31. The maximum Gasteiger partial charge on any atom is 0.416 e. The summed E-state index contributed by atoms with van der Waals surface area (Å²) >= 11 is 11.9. The van der Waals surface area contributed by atoms with Crippen LogP contribution in [0.2, 0.25) is 10.0 Å². The summed E-state index contributed by atoms with van der Waals surface area (Å²) in [7, 11) is 0. The minimum absolute atomic E-state index is 0.0357. The van der Waals surface area contributed by atoms with Gasteiger partial charge in [0.25, 0.3) is 5.91 Å². The summed E-state index contributed by atoms with van der Waals surface area (Å²) in [4.78, 5) is 36.4. The lowest BCUT2D eigenvalue weighted by atomic mass is 10.2. The molecule has 3 aromatic rings. The van der Waals surface area contributed by atoms with E-state index >= 15 is 0 Å². The molecule has 0 unspecified atom stereocenters. The number of anilines is 2. The van der Waals surface area contributed by atoms with Crippen molar-refractivity contribution in [1.29, 1.82) is 0 Å². The molecule has 0 aliphatic rings. The number of benzene rings is 3. The van der Waals surface area contributed by atoms with Gasteiger partial charge >= 0.3 is 18.0 Å². The largest absolute Gasteiger partial charge is 0.490 e. The molecular weight excluding hydrogens is 576 g/mol. The number of hydrogen-bond donors (Lipinski definition) is 3. The van der Waals surface area contributed by atoms with Crippen LogP contribution in [-0.2, 0) is 20.6 Å². The van der Waals surface area contributed by atoms with Crippen molar-refractivity contribution in [3.05, 3.63) is 81.8 Å². The number of hydrogen-bond acceptors (Lipinski definition) is 6. The van der Waals surface area contributed by atoms with E-state index in [1.54, 1.807) is 13.0 Å². The molecule has 3 aromatic carbocycles. The average molecular weight is 597 g/mol. The molecule has 0 atom stereocenters. The van der Waals surface area contributed by atoms with Crippen molar-refractivity contribution in [2.24, 2.45) is 5.10 Å². The average Bonchev–Trinajstić information content (AvgIpc) is 2.90. The first-order valence-corrected chi connectivity index (χ1v) is 12.2. The quantitative estimate of drug-likeness (QED) is 0.171. The fourth-order valence-electron chi connectivity index (χ4n) is 3.10. The van der Waals surface area contributed by atoms with E-state index in [0.29, 0.717) is 5.56 Å². The molecule has 3 rings (SSSR count). The molecule has 0 saturated carbocycles. The molecule has 0 bridgehead atoms. The topological polar surface area (TPSA) is 118 Å². The molecule has 14 heteroatoms. The van der Waals surface area contributed by atoms with E-state index < -0.39 is 36.1 Å². The van der Waals surface area contributed by atoms with Crippen LogP contribution in [0.15, 0.2) is 65.8 Å². The van der Waals surface area contributed by atoms with Gasteiger partial charge in [0.05, 0.1) is 34.1 Å². The predicted octanol–water partition coefficient (Wildman–Crippen LogP) is 5.52. The van der Waals surface area contributed by atoms with Crippen LogP contribution >= 0.6 is 23.2 Å². The molecule has 0 aliphatic heterocycles. The lowest BCUT2D eigenvalue weighted by Gasteiger charge is -2.13. The second kappa shape index (κ2) is 13.7. The van der Waals surface area contributed by atoms with Gasteiger partial charge in [-0.3, -0.25) is 14.4 Å². The van der Waals surface area contributed by atoms with Crippen molar-refractivity contribution in [3.63, 3.8) is 0 Å². The van der Waals surface area contributed by atoms with Crippen LogP contribution in [0.5, 0.6) is 11.5 Å². The van der Waals surface area contributed by atoms with Crippen molar-refractivity contribution in [3.8, 4) is 11.5 Å². The van der Waals surface area contributed by atoms with Gasteiger partial charge in [0.1, 0.15) is 0 Å². The fourth-order valence-corrected chi connectivity index (χ4v) is 3.45. The van der Waals surface area contributed by atoms with Crippen LogP contribution in [0, 0.1) is 0 Å². The third-order valence-electron chi connectivity index (χ3n) is 4.89. The lowest BCUT2D eigenvalue weighted by Crippen LogP contribution is -2.32. The van der Waals surface area contributed by atoms with E-state index in [1.807, 2.05) is 0 Å². The van der Waals surface area contributed by atoms with Crippen molar-refractivity contribution in [2.75, 3.05) is 23.8 Å². The van der Waals surface area contributed by atoms with Crippen LogP contribution in [0.1, 0.15) is 18.1 Å². The molecule has 0 spiro atoms. The van der Waals surface area contributed by atoms with Gasteiger partial charge in [0.15, 0.2) is 18.1 Å². The van der Waals surface area contributed by atoms with E-state index in [4.69, 9.17) is 32.7 Å². The SMILES string of the molecule is CCOc1cc(/C=N\NC(=O)C(=O)Nc2cccc(Cl)c2Cl)ccc1OCC(=O)Nc1cccc(C(F)(F)F)c1. The Morgan fingerprint density at radius 1 is 0.925 bits per heavy atom. The zero-order valence-electron chi connectivity index (χ0n) is 20.6. The lowest BCUT2D eigenvalue weighted by molar-refractivity contribution is -0.137. The standard InChI is InChI=1S/C26H21Cl2F3N4O5/c1-2-39-21-11-15(13-32-35-25(38)24(37)34-19-8-4-7-18(27)23(19)28)9-10-20(21)40-14-22(36)33-17-6-3-5-16(12-17)26(29,30)31/h3-13H,2,14H2,1H3,(H,33,36)(H,34,37)(H,35,38)/b32-13-. The van der Waals surface area contributed by atoms with Crippen molar-refractivity contribution >= 4 is 58.5 Å². The number of amides is 3. The third-order valence-corrected chi connectivity index (χ3v) is 5.70. The summed E-state index contributed by atoms with van der Waals surface area (Å²) in [6, 6.07) is 13.2. The number of rotatable bonds is 9. The molecule has 9 nitrogen and oxygen atoms in total. The number of carbonyl (C=O) groups is 3. The van der Waals surface area contributed by atoms with Gasteiger partial charge in [0.2, 0.25) is 0 Å². The van der Waals surface area contributed by atoms with E-state index in [9.17, 15) is 27.6 Å². The second-order valence-corrected chi connectivity index (χ2v) is 8.59. The molecule has 40 heavy (non-hydrogen) atoms. The normalized spacial score (nSPS) is 11.2. The first kappa shape index (κ1) is 30.3. The van der Waals surface area contributed by atoms with E-state index in [1.165, 1.54) is 48.7 Å².